The van der Waals surface area contributed by atoms with Crippen LogP contribution < -0.4 is 20.7 Å². The number of amides is 1. The third kappa shape index (κ3) is 7.29. The number of nitrogens with one attached hydrogen (secondary N) is 3. The van der Waals surface area contributed by atoms with Crippen molar-refractivity contribution in [3.8, 4) is 22.9 Å². The van der Waals surface area contributed by atoms with Crippen LogP contribution in [0.1, 0.15) is 0 Å². The maximum Gasteiger partial charge on any atom is 0.271 e. The first-order chi connectivity index (χ1) is 18.0. The van der Waals surface area contributed by atoms with Gasteiger partial charge in [0.15, 0.2) is 5.11 Å². The molecule has 0 radical (unpaired) electrons. The lowest BCUT2D eigenvalue weighted by Crippen LogP contribution is -2.38. The number of nitro benzene ring substituents is 1. The number of ether oxygens (including phenoxy) is 1. The van der Waals surface area contributed by atoms with E-state index < -0.39 is 4.92 Å². The molecule has 3 N–H and O–H groups in total. The molecule has 0 aliphatic heterocycles. The molecule has 0 unspecified atom stereocenters. The number of nitro groups is 1. The Morgan fingerprint density at radius 1 is 1.00 bits per heavy atom. The first-order valence-corrected chi connectivity index (χ1v) is 11.5. The summed E-state index contributed by atoms with van der Waals surface area (Å²) in [5.41, 5.74) is 1.09. The SMILES string of the molecule is O=C(Cn1nnc(-c2ccccc2Oc2ccccc2)n1)NCCNC(=S)Nc1cccc([N+](=O)[O-])c1. The molecular formula is C24H22N8O4S. The summed E-state index contributed by atoms with van der Waals surface area (Å²) in [6.45, 7) is 0.503. The molecule has 4 rings (SSSR count). The van der Waals surface area contributed by atoms with Crippen LogP contribution in [0.2, 0.25) is 0 Å². The molecule has 0 atom stereocenters. The number of para-hydroxylation sites is 2. The third-order valence-electron chi connectivity index (χ3n) is 4.88. The maximum atomic E-state index is 12.3. The minimum Gasteiger partial charge on any atom is -0.457 e. The van der Waals surface area contributed by atoms with Crippen LogP contribution in [0.25, 0.3) is 11.4 Å². The molecule has 4 aromatic rings. The monoisotopic (exact) mass is 518 g/mol. The van der Waals surface area contributed by atoms with E-state index in [9.17, 15) is 14.9 Å². The van der Waals surface area contributed by atoms with E-state index >= 15 is 0 Å². The van der Waals surface area contributed by atoms with Gasteiger partial charge in [-0.3, -0.25) is 14.9 Å². The quantitative estimate of drug-likeness (QED) is 0.124. The number of rotatable bonds is 10. The number of carbonyl (C=O) groups excluding carboxylic acids is 1. The third-order valence-corrected chi connectivity index (χ3v) is 5.13. The van der Waals surface area contributed by atoms with E-state index in [2.05, 4.69) is 31.4 Å². The van der Waals surface area contributed by atoms with Gasteiger partial charge in [0, 0.05) is 30.9 Å². The first-order valence-electron chi connectivity index (χ1n) is 11.1. The van der Waals surface area contributed by atoms with E-state index in [0.717, 1.165) is 0 Å². The summed E-state index contributed by atoms with van der Waals surface area (Å²) in [5, 5.41) is 32.0. The van der Waals surface area contributed by atoms with E-state index in [1.807, 2.05) is 48.5 Å². The summed E-state index contributed by atoms with van der Waals surface area (Å²) in [5.74, 6) is 1.27. The number of nitrogens with zero attached hydrogens (tertiary/aromatic N) is 5. The summed E-state index contributed by atoms with van der Waals surface area (Å²) in [7, 11) is 0. The average Bonchev–Trinajstić information content (AvgIpc) is 3.36. The lowest BCUT2D eigenvalue weighted by Gasteiger charge is -2.11. The minimum absolute atomic E-state index is 0.0443. The van der Waals surface area contributed by atoms with E-state index in [-0.39, 0.29) is 29.8 Å². The molecule has 12 nitrogen and oxygen atoms in total. The van der Waals surface area contributed by atoms with Crippen LogP contribution in [0.3, 0.4) is 0 Å². The highest BCUT2D eigenvalue weighted by molar-refractivity contribution is 7.80. The van der Waals surface area contributed by atoms with Crippen LogP contribution in [0.5, 0.6) is 11.5 Å². The number of hydrogen-bond donors (Lipinski definition) is 3. The van der Waals surface area contributed by atoms with Gasteiger partial charge in [-0.2, -0.15) is 4.80 Å². The van der Waals surface area contributed by atoms with Crippen molar-refractivity contribution < 1.29 is 14.5 Å². The van der Waals surface area contributed by atoms with Crippen LogP contribution >= 0.6 is 12.2 Å². The van der Waals surface area contributed by atoms with E-state index in [1.54, 1.807) is 18.2 Å². The Morgan fingerprint density at radius 2 is 1.76 bits per heavy atom. The van der Waals surface area contributed by atoms with Crippen molar-refractivity contribution in [2.24, 2.45) is 0 Å². The summed E-state index contributed by atoms with van der Waals surface area (Å²) in [4.78, 5) is 23.9. The lowest BCUT2D eigenvalue weighted by atomic mass is 10.2. The van der Waals surface area contributed by atoms with Gasteiger partial charge in [-0.25, -0.2) is 0 Å². The maximum absolute atomic E-state index is 12.3. The molecule has 188 valence electrons. The zero-order valence-electron chi connectivity index (χ0n) is 19.4. The van der Waals surface area contributed by atoms with E-state index in [0.29, 0.717) is 35.1 Å². The van der Waals surface area contributed by atoms with Crippen molar-refractivity contribution in [1.29, 1.82) is 0 Å². The van der Waals surface area contributed by atoms with Gasteiger partial charge in [-0.1, -0.05) is 36.4 Å². The Hall–Kier alpha value is -4.91. The normalized spacial score (nSPS) is 10.4. The zero-order chi connectivity index (χ0) is 26.0. The molecule has 1 heterocycles. The summed E-state index contributed by atoms with van der Waals surface area (Å²) < 4.78 is 5.94. The Kier molecular flexibility index (Phi) is 8.29. The number of aromatic nitrogens is 4. The zero-order valence-corrected chi connectivity index (χ0v) is 20.2. The molecule has 13 heteroatoms. The number of non-ortho nitro benzene ring substituents is 1. The summed E-state index contributed by atoms with van der Waals surface area (Å²) >= 11 is 5.18. The fraction of sp³-hybridized carbons (Fsp3) is 0.125. The number of hydrogen-bond acceptors (Lipinski definition) is 8. The molecule has 0 saturated carbocycles. The molecule has 0 saturated heterocycles. The van der Waals surface area contributed by atoms with E-state index in [4.69, 9.17) is 17.0 Å². The molecule has 3 aromatic carbocycles. The van der Waals surface area contributed by atoms with Crippen LogP contribution in [0, 0.1) is 10.1 Å². The predicted molar refractivity (Wildman–Crippen MR) is 140 cm³/mol. The topological polar surface area (TPSA) is 149 Å². The number of benzene rings is 3. The second-order valence-corrected chi connectivity index (χ2v) is 8.00. The highest BCUT2D eigenvalue weighted by Gasteiger charge is 2.14. The fourth-order valence-electron chi connectivity index (χ4n) is 3.21. The Balaban J connectivity index is 1.24. The number of anilines is 1. The van der Waals surface area contributed by atoms with Crippen LogP contribution in [0.4, 0.5) is 11.4 Å². The van der Waals surface area contributed by atoms with Crippen molar-refractivity contribution >= 4 is 34.6 Å². The average molecular weight is 519 g/mol. The van der Waals surface area contributed by atoms with Gasteiger partial charge < -0.3 is 20.7 Å². The summed E-state index contributed by atoms with van der Waals surface area (Å²) in [6.07, 6.45) is 0. The second-order valence-electron chi connectivity index (χ2n) is 7.59. The van der Waals surface area contributed by atoms with Crippen molar-refractivity contribution in [2.45, 2.75) is 6.54 Å². The second kappa shape index (κ2) is 12.2. The Bertz CT molecular complexity index is 1400. The van der Waals surface area contributed by atoms with E-state index in [1.165, 1.54) is 16.9 Å². The van der Waals surface area contributed by atoms with Crippen molar-refractivity contribution in [1.82, 2.24) is 30.8 Å². The molecule has 0 aliphatic carbocycles. The Morgan fingerprint density at radius 3 is 2.57 bits per heavy atom. The standard InChI is InChI=1S/C24H22N8O4S/c33-22(25-13-14-26-24(37)27-17-7-6-8-18(15-17)32(34)35)16-31-29-23(28-30-31)20-11-4-5-12-21(20)36-19-9-2-1-3-10-19/h1-12,15H,13-14,16H2,(H,25,33)(H2,26,27,37). The van der Waals surface area contributed by atoms with Crippen LogP contribution in [-0.2, 0) is 11.3 Å². The summed E-state index contributed by atoms with van der Waals surface area (Å²) in [6, 6.07) is 22.6. The van der Waals surface area contributed by atoms with Gasteiger partial charge in [0.1, 0.15) is 18.0 Å². The van der Waals surface area contributed by atoms with Gasteiger partial charge >= 0.3 is 0 Å². The van der Waals surface area contributed by atoms with Crippen molar-refractivity contribution in [3.05, 3.63) is 89.0 Å². The largest absolute Gasteiger partial charge is 0.457 e. The molecule has 0 aliphatic rings. The molecule has 1 amide bonds. The van der Waals surface area contributed by atoms with Gasteiger partial charge in [0.25, 0.3) is 5.69 Å². The molecular weight excluding hydrogens is 496 g/mol. The highest BCUT2D eigenvalue weighted by atomic mass is 32.1. The minimum atomic E-state index is -0.485. The van der Waals surface area contributed by atoms with Crippen molar-refractivity contribution in [3.63, 3.8) is 0 Å². The van der Waals surface area contributed by atoms with Gasteiger partial charge in [-0.05, 0) is 47.8 Å². The van der Waals surface area contributed by atoms with Crippen molar-refractivity contribution in [2.75, 3.05) is 18.4 Å². The fourth-order valence-corrected chi connectivity index (χ4v) is 3.43. The molecule has 0 bridgehead atoms. The molecule has 1 aromatic heterocycles. The Labute approximate surface area is 216 Å². The smallest absolute Gasteiger partial charge is 0.271 e. The highest BCUT2D eigenvalue weighted by Crippen LogP contribution is 2.30. The first kappa shape index (κ1) is 25.2. The number of tetrazole rings is 1. The predicted octanol–water partition coefficient (Wildman–Crippen LogP) is 3.14. The van der Waals surface area contributed by atoms with Crippen LogP contribution in [-0.4, -0.2) is 49.2 Å². The lowest BCUT2D eigenvalue weighted by molar-refractivity contribution is -0.384. The van der Waals surface area contributed by atoms with Gasteiger partial charge in [-0.15, -0.1) is 10.2 Å². The van der Waals surface area contributed by atoms with Crippen LogP contribution in [0.15, 0.2) is 78.9 Å². The molecule has 37 heavy (non-hydrogen) atoms. The van der Waals surface area contributed by atoms with Gasteiger partial charge in [0.2, 0.25) is 11.7 Å². The molecule has 0 spiro atoms. The number of carbonyl (C=O) groups is 1. The van der Waals surface area contributed by atoms with Gasteiger partial charge in [0.05, 0.1) is 10.5 Å². The molecule has 0 fully saturated rings. The number of thiocarbonyl (C=S) groups is 1.